The molecule has 0 saturated carbocycles. The van der Waals surface area contributed by atoms with Crippen molar-refractivity contribution in [1.82, 2.24) is 4.90 Å². The first-order chi connectivity index (χ1) is 7.40. The Kier molecular flexibility index (Phi) is 6.16. The van der Waals surface area contributed by atoms with Gasteiger partial charge in [-0.3, -0.25) is 0 Å². The zero-order chi connectivity index (χ0) is 10.5. The van der Waals surface area contributed by atoms with Gasteiger partial charge in [-0.15, -0.1) is 0 Å². The molecule has 16 heavy (non-hydrogen) atoms. The average Bonchev–Trinajstić information content (AvgIpc) is 2.80. The predicted octanol–water partition coefficient (Wildman–Crippen LogP) is -0.169. The van der Waals surface area contributed by atoms with E-state index in [4.69, 9.17) is 0 Å². The Morgan fingerprint density at radius 3 is 2.38 bits per heavy atom. The molecule has 2 nitrogen and oxygen atoms in total. The van der Waals surface area contributed by atoms with Crippen molar-refractivity contribution in [3.63, 3.8) is 0 Å². The zero-order valence-electron chi connectivity index (χ0n) is 10.4. The van der Waals surface area contributed by atoms with Crippen molar-refractivity contribution >= 4 is 0 Å². The van der Waals surface area contributed by atoms with Crippen LogP contribution in [0, 0.1) is 0 Å². The minimum Gasteiger partial charge on any atom is -0.657 e. The maximum absolute atomic E-state index is 4.48. The molecule has 0 spiro atoms. The number of hydrogen-bond acceptors (Lipinski definition) is 1. The molecule has 1 aromatic rings. The minimum atomic E-state index is 0. The van der Waals surface area contributed by atoms with E-state index in [1.807, 2.05) is 7.05 Å². The Morgan fingerprint density at radius 1 is 1.19 bits per heavy atom. The van der Waals surface area contributed by atoms with Crippen LogP contribution in [0.25, 0.3) is 5.32 Å². The second-order valence-corrected chi connectivity index (χ2v) is 4.19. The summed E-state index contributed by atoms with van der Waals surface area (Å²) in [4.78, 5) is 2.52. The van der Waals surface area contributed by atoms with E-state index in [0.717, 1.165) is 6.54 Å². The van der Waals surface area contributed by atoms with Crippen LogP contribution in [-0.2, 0) is 0 Å². The van der Waals surface area contributed by atoms with Crippen LogP contribution >= 0.6 is 0 Å². The molecular weight excluding hydrogens is 191 g/mol. The van der Waals surface area contributed by atoms with Crippen molar-refractivity contribution in [3.05, 3.63) is 41.2 Å². The van der Waals surface area contributed by atoms with Gasteiger partial charge in [-0.1, -0.05) is 41.9 Å². The fourth-order valence-electron chi connectivity index (χ4n) is 2.22. The van der Waals surface area contributed by atoms with Gasteiger partial charge in [-0.25, -0.2) is 0 Å². The van der Waals surface area contributed by atoms with Crippen molar-refractivity contribution in [2.24, 2.45) is 0 Å². The third kappa shape index (κ3) is 3.64. The van der Waals surface area contributed by atoms with Crippen LogP contribution in [-0.4, -0.2) is 31.6 Å². The largest absolute Gasteiger partial charge is 1.00 e. The average molecular weight is 210 g/mol. The van der Waals surface area contributed by atoms with Crippen LogP contribution < -0.4 is 18.9 Å². The van der Waals surface area contributed by atoms with Crippen LogP contribution in [0.4, 0.5) is 0 Å². The molecule has 3 heteroatoms. The van der Waals surface area contributed by atoms with E-state index in [9.17, 15) is 0 Å². The first-order valence-electron chi connectivity index (χ1n) is 5.76. The molecule has 1 aromatic carbocycles. The van der Waals surface area contributed by atoms with Crippen molar-refractivity contribution in [2.75, 3.05) is 26.7 Å². The maximum atomic E-state index is 4.48. The van der Waals surface area contributed by atoms with Gasteiger partial charge < -0.3 is 10.2 Å². The zero-order valence-corrected chi connectivity index (χ0v) is 10.4. The summed E-state index contributed by atoms with van der Waals surface area (Å²) in [6.07, 6.45) is 2.70. The molecule has 0 unspecified atom stereocenters. The van der Waals surface area contributed by atoms with Gasteiger partial charge in [-0.2, -0.15) is 7.05 Å². The Morgan fingerprint density at radius 2 is 1.81 bits per heavy atom. The number of likely N-dealkylation sites (tertiary alicyclic amines) is 1. The predicted molar refractivity (Wildman–Crippen MR) is 64.1 cm³/mol. The molecular formula is C13H19LiN2. The van der Waals surface area contributed by atoms with Crippen molar-refractivity contribution < 1.29 is 18.9 Å². The Balaban J connectivity index is 0.00000128. The van der Waals surface area contributed by atoms with E-state index in [1.165, 1.54) is 31.5 Å². The molecule has 0 N–H and O–H groups in total. The first kappa shape index (κ1) is 13.8. The minimum absolute atomic E-state index is 0. The molecule has 1 aliphatic rings. The molecule has 0 aromatic heterocycles. The fraction of sp³-hybridized carbons (Fsp3) is 0.538. The molecule has 0 bridgehead atoms. The van der Waals surface area contributed by atoms with E-state index in [0.29, 0.717) is 6.04 Å². The second-order valence-electron chi connectivity index (χ2n) is 4.19. The van der Waals surface area contributed by atoms with E-state index in [2.05, 4.69) is 40.5 Å². The Hall–Kier alpha value is -0.263. The summed E-state index contributed by atoms with van der Waals surface area (Å²) in [7, 11) is 1.92. The van der Waals surface area contributed by atoms with Gasteiger partial charge in [0.05, 0.1) is 0 Å². The maximum Gasteiger partial charge on any atom is 1.00 e. The Bertz CT molecular complexity index is 283. The van der Waals surface area contributed by atoms with E-state index in [-0.39, 0.29) is 18.9 Å². The molecule has 1 saturated heterocycles. The standard InChI is InChI=1S/C13H19N2.Li/c1-14-13(11-15-9-5-6-10-15)12-7-3-2-4-8-12;/h2-4,7-8,13H,5-6,9-11H2,1H3;/q-1;+1/t13-;/m1./s1. The SMILES string of the molecule is C[N-][C@H](CN1CCCC1)c1ccccc1.[Li+]. The summed E-state index contributed by atoms with van der Waals surface area (Å²) in [6.45, 7) is 3.58. The summed E-state index contributed by atoms with van der Waals surface area (Å²) in [5, 5.41) is 4.48. The summed E-state index contributed by atoms with van der Waals surface area (Å²) in [5.41, 5.74) is 1.34. The van der Waals surface area contributed by atoms with Gasteiger partial charge in [0.1, 0.15) is 0 Å². The van der Waals surface area contributed by atoms with Gasteiger partial charge in [0, 0.05) is 0 Å². The topological polar surface area (TPSA) is 17.3 Å². The van der Waals surface area contributed by atoms with Gasteiger partial charge in [0.25, 0.3) is 0 Å². The molecule has 1 aliphatic heterocycles. The van der Waals surface area contributed by atoms with Crippen LogP contribution in [0.5, 0.6) is 0 Å². The molecule has 1 fully saturated rings. The number of nitrogens with zero attached hydrogens (tertiary/aromatic N) is 2. The summed E-state index contributed by atoms with van der Waals surface area (Å²) in [5.74, 6) is 0. The van der Waals surface area contributed by atoms with Crippen LogP contribution in [0.15, 0.2) is 30.3 Å². The smallest absolute Gasteiger partial charge is 0.657 e. The molecule has 0 aliphatic carbocycles. The summed E-state index contributed by atoms with van der Waals surface area (Å²) < 4.78 is 0. The number of rotatable bonds is 4. The van der Waals surface area contributed by atoms with Crippen LogP contribution in [0.3, 0.4) is 0 Å². The molecule has 1 atom stereocenters. The third-order valence-corrected chi connectivity index (χ3v) is 3.13. The van der Waals surface area contributed by atoms with Crippen molar-refractivity contribution in [3.8, 4) is 0 Å². The van der Waals surface area contributed by atoms with E-state index in [1.54, 1.807) is 0 Å². The Labute approximate surface area is 111 Å². The third-order valence-electron chi connectivity index (χ3n) is 3.13. The van der Waals surface area contributed by atoms with E-state index < -0.39 is 0 Å². The number of likely N-dealkylation sites (N-methyl/N-ethyl adjacent to an activating group) is 1. The molecule has 0 amide bonds. The second kappa shape index (κ2) is 7.14. The monoisotopic (exact) mass is 210 g/mol. The number of hydrogen-bond donors (Lipinski definition) is 0. The van der Waals surface area contributed by atoms with Crippen LogP contribution in [0.1, 0.15) is 24.4 Å². The van der Waals surface area contributed by atoms with Gasteiger partial charge >= 0.3 is 18.9 Å². The van der Waals surface area contributed by atoms with Crippen molar-refractivity contribution in [2.45, 2.75) is 18.9 Å². The normalized spacial score (nSPS) is 18.1. The fourth-order valence-corrected chi connectivity index (χ4v) is 2.22. The van der Waals surface area contributed by atoms with E-state index >= 15 is 0 Å². The van der Waals surface area contributed by atoms with Crippen molar-refractivity contribution in [1.29, 1.82) is 0 Å². The first-order valence-corrected chi connectivity index (χ1v) is 5.76. The number of benzene rings is 1. The molecule has 1 heterocycles. The van der Waals surface area contributed by atoms with Gasteiger partial charge in [0.15, 0.2) is 0 Å². The molecule has 82 valence electrons. The van der Waals surface area contributed by atoms with Gasteiger partial charge in [-0.05, 0) is 32.5 Å². The quantitative estimate of drug-likeness (QED) is 0.631. The molecule has 0 radical (unpaired) electrons. The summed E-state index contributed by atoms with van der Waals surface area (Å²) in [6, 6.07) is 11.0. The van der Waals surface area contributed by atoms with Gasteiger partial charge in [0.2, 0.25) is 0 Å². The summed E-state index contributed by atoms with van der Waals surface area (Å²) >= 11 is 0. The molecule has 2 rings (SSSR count). The van der Waals surface area contributed by atoms with Crippen LogP contribution in [0.2, 0.25) is 0 Å².